The molecule has 150 valence electrons. The van der Waals surface area contributed by atoms with Crippen LogP contribution in [0.4, 0.5) is 0 Å². The minimum atomic E-state index is -0.295. The van der Waals surface area contributed by atoms with Gasteiger partial charge in [-0.3, -0.25) is 14.5 Å². The van der Waals surface area contributed by atoms with Gasteiger partial charge in [-0.1, -0.05) is 23.7 Å². The first-order valence-corrected chi connectivity index (χ1v) is 9.95. The van der Waals surface area contributed by atoms with Crippen LogP contribution >= 0.6 is 11.6 Å². The predicted molar refractivity (Wildman–Crippen MR) is 108 cm³/mol. The third-order valence-corrected chi connectivity index (χ3v) is 5.38. The molecule has 1 aliphatic heterocycles. The second-order valence-corrected chi connectivity index (χ2v) is 7.66. The number of rotatable bonds is 7. The van der Waals surface area contributed by atoms with Crippen LogP contribution in [0.3, 0.4) is 0 Å². The van der Waals surface area contributed by atoms with Gasteiger partial charge in [0, 0.05) is 18.1 Å². The lowest BCUT2D eigenvalue weighted by atomic mass is 9.96. The van der Waals surface area contributed by atoms with Gasteiger partial charge >= 0.3 is 0 Å². The van der Waals surface area contributed by atoms with E-state index < -0.39 is 0 Å². The van der Waals surface area contributed by atoms with Crippen LogP contribution in [0.2, 0.25) is 5.02 Å². The zero-order valence-corrected chi connectivity index (χ0v) is 16.8. The molecule has 7 heteroatoms. The van der Waals surface area contributed by atoms with Crippen molar-refractivity contribution >= 4 is 23.4 Å². The summed E-state index contributed by atoms with van der Waals surface area (Å²) < 4.78 is 5.10. The lowest BCUT2D eigenvalue weighted by molar-refractivity contribution is -0.120. The summed E-state index contributed by atoms with van der Waals surface area (Å²) in [5, 5.41) is 6.31. The van der Waals surface area contributed by atoms with E-state index in [1.54, 1.807) is 13.0 Å². The van der Waals surface area contributed by atoms with Crippen LogP contribution in [0.1, 0.15) is 34.5 Å². The summed E-state index contributed by atoms with van der Waals surface area (Å²) in [4.78, 5) is 26.4. The lowest BCUT2D eigenvalue weighted by Crippen LogP contribution is -2.41. The Kier molecular flexibility index (Phi) is 7.12. The van der Waals surface area contributed by atoms with E-state index >= 15 is 0 Å². The highest BCUT2D eigenvalue weighted by Gasteiger charge is 2.20. The summed E-state index contributed by atoms with van der Waals surface area (Å²) in [5.41, 5.74) is 1.72. The molecule has 0 aliphatic carbocycles. The quantitative estimate of drug-likeness (QED) is 0.745. The van der Waals surface area contributed by atoms with Gasteiger partial charge < -0.3 is 15.1 Å². The molecule has 1 aliphatic rings. The Labute approximate surface area is 170 Å². The molecule has 0 bridgehead atoms. The predicted octanol–water partition coefficient (Wildman–Crippen LogP) is 3.00. The standard InChI is InChI=1S/C21H26ClN3O3/c1-15-19(8-11-28-15)21(27)24-13-20(26)23-12-16-6-9-25(10-7-16)14-17-2-4-18(22)5-3-17/h2-5,8,11,16H,6-7,9-10,12-14H2,1H3,(H,23,26)(H,24,27). The topological polar surface area (TPSA) is 74.6 Å². The van der Waals surface area contributed by atoms with Crippen molar-refractivity contribution in [1.29, 1.82) is 0 Å². The van der Waals surface area contributed by atoms with Crippen molar-refractivity contribution in [2.45, 2.75) is 26.3 Å². The molecule has 0 radical (unpaired) electrons. The van der Waals surface area contributed by atoms with Gasteiger partial charge in [0.1, 0.15) is 5.76 Å². The lowest BCUT2D eigenvalue weighted by Gasteiger charge is -2.32. The van der Waals surface area contributed by atoms with Crippen LogP contribution < -0.4 is 10.6 Å². The van der Waals surface area contributed by atoms with Crippen LogP contribution in [0.5, 0.6) is 0 Å². The van der Waals surface area contributed by atoms with Crippen molar-refractivity contribution < 1.29 is 14.0 Å². The highest BCUT2D eigenvalue weighted by Crippen LogP contribution is 2.19. The molecule has 0 atom stereocenters. The third-order valence-electron chi connectivity index (χ3n) is 5.13. The van der Waals surface area contributed by atoms with Crippen LogP contribution in [0.15, 0.2) is 41.0 Å². The van der Waals surface area contributed by atoms with E-state index in [2.05, 4.69) is 27.7 Å². The summed E-state index contributed by atoms with van der Waals surface area (Å²) in [6, 6.07) is 9.57. The Morgan fingerprint density at radius 3 is 2.50 bits per heavy atom. The minimum absolute atomic E-state index is 0.0289. The molecular weight excluding hydrogens is 378 g/mol. The van der Waals surface area contributed by atoms with Gasteiger partial charge in [-0.2, -0.15) is 0 Å². The van der Waals surface area contributed by atoms with E-state index in [0.29, 0.717) is 23.8 Å². The van der Waals surface area contributed by atoms with E-state index in [-0.39, 0.29) is 18.4 Å². The molecule has 2 heterocycles. The molecule has 0 unspecified atom stereocenters. The van der Waals surface area contributed by atoms with E-state index in [9.17, 15) is 9.59 Å². The molecule has 1 fully saturated rings. The number of likely N-dealkylation sites (tertiary alicyclic amines) is 1. The molecule has 28 heavy (non-hydrogen) atoms. The largest absolute Gasteiger partial charge is 0.469 e. The van der Waals surface area contributed by atoms with Crippen LogP contribution in [0, 0.1) is 12.8 Å². The van der Waals surface area contributed by atoms with Crippen molar-refractivity contribution in [3.05, 3.63) is 58.5 Å². The number of carbonyl (C=O) groups excluding carboxylic acids is 2. The third kappa shape index (κ3) is 5.84. The van der Waals surface area contributed by atoms with Gasteiger partial charge in [-0.05, 0) is 62.5 Å². The highest BCUT2D eigenvalue weighted by atomic mass is 35.5. The molecule has 1 aromatic heterocycles. The summed E-state index contributed by atoms with van der Waals surface area (Å²) >= 11 is 5.93. The summed E-state index contributed by atoms with van der Waals surface area (Å²) in [5.74, 6) is 0.551. The first-order valence-electron chi connectivity index (χ1n) is 9.57. The zero-order chi connectivity index (χ0) is 19.9. The number of amides is 2. The number of benzene rings is 1. The fourth-order valence-electron chi connectivity index (χ4n) is 3.39. The molecule has 2 amide bonds. The molecule has 2 aromatic rings. The van der Waals surface area contributed by atoms with E-state index in [4.69, 9.17) is 16.0 Å². The average Bonchev–Trinajstić information content (AvgIpc) is 3.13. The summed E-state index contributed by atoms with van der Waals surface area (Å²) in [6.07, 6.45) is 3.56. The highest BCUT2D eigenvalue weighted by molar-refractivity contribution is 6.30. The second kappa shape index (κ2) is 9.75. The van der Waals surface area contributed by atoms with Gasteiger partial charge in [0.25, 0.3) is 5.91 Å². The van der Waals surface area contributed by atoms with Crippen molar-refractivity contribution in [2.75, 3.05) is 26.2 Å². The van der Waals surface area contributed by atoms with Gasteiger partial charge in [-0.25, -0.2) is 0 Å². The maximum Gasteiger partial charge on any atom is 0.255 e. The molecule has 6 nitrogen and oxygen atoms in total. The van der Waals surface area contributed by atoms with Crippen molar-refractivity contribution in [2.24, 2.45) is 5.92 Å². The van der Waals surface area contributed by atoms with Crippen molar-refractivity contribution in [1.82, 2.24) is 15.5 Å². The fourth-order valence-corrected chi connectivity index (χ4v) is 3.52. The van der Waals surface area contributed by atoms with E-state index in [0.717, 1.165) is 37.5 Å². The smallest absolute Gasteiger partial charge is 0.255 e. The number of halogens is 1. The number of nitrogens with one attached hydrogen (secondary N) is 2. The van der Waals surface area contributed by atoms with Gasteiger partial charge in [0.15, 0.2) is 0 Å². The summed E-state index contributed by atoms with van der Waals surface area (Å²) in [7, 11) is 0. The molecule has 1 saturated heterocycles. The molecule has 0 spiro atoms. The minimum Gasteiger partial charge on any atom is -0.469 e. The summed E-state index contributed by atoms with van der Waals surface area (Å²) in [6.45, 7) is 5.29. The maximum atomic E-state index is 12.0. The maximum absolute atomic E-state index is 12.0. The Balaban J connectivity index is 1.32. The Morgan fingerprint density at radius 2 is 1.86 bits per heavy atom. The Bertz CT molecular complexity index is 795. The van der Waals surface area contributed by atoms with Crippen LogP contribution in [-0.4, -0.2) is 42.9 Å². The average molecular weight is 404 g/mol. The Hall–Kier alpha value is -2.31. The van der Waals surface area contributed by atoms with Crippen LogP contribution in [-0.2, 0) is 11.3 Å². The number of hydrogen-bond acceptors (Lipinski definition) is 4. The Morgan fingerprint density at radius 1 is 1.14 bits per heavy atom. The molecule has 0 saturated carbocycles. The number of piperidine rings is 1. The van der Waals surface area contributed by atoms with Gasteiger partial charge in [0.05, 0.1) is 18.4 Å². The number of nitrogens with zero attached hydrogens (tertiary/aromatic N) is 1. The molecule has 2 N–H and O–H groups in total. The first kappa shape index (κ1) is 20.4. The van der Waals surface area contributed by atoms with E-state index in [1.165, 1.54) is 11.8 Å². The number of aryl methyl sites for hydroxylation is 1. The number of hydrogen-bond donors (Lipinski definition) is 2. The van der Waals surface area contributed by atoms with Crippen LogP contribution in [0.25, 0.3) is 0 Å². The number of furan rings is 1. The van der Waals surface area contributed by atoms with Gasteiger partial charge in [-0.15, -0.1) is 0 Å². The van der Waals surface area contributed by atoms with E-state index in [1.807, 2.05) is 12.1 Å². The molecular formula is C21H26ClN3O3. The molecule has 1 aromatic carbocycles. The molecule has 3 rings (SSSR count). The van der Waals surface area contributed by atoms with Crippen molar-refractivity contribution in [3.8, 4) is 0 Å². The zero-order valence-electron chi connectivity index (χ0n) is 16.0. The second-order valence-electron chi connectivity index (χ2n) is 7.22. The normalized spacial score (nSPS) is 15.4. The monoisotopic (exact) mass is 403 g/mol. The fraction of sp³-hybridized carbons (Fsp3) is 0.429. The van der Waals surface area contributed by atoms with Gasteiger partial charge in [0.2, 0.25) is 5.91 Å². The van der Waals surface area contributed by atoms with Crippen molar-refractivity contribution in [3.63, 3.8) is 0 Å². The first-order chi connectivity index (χ1) is 13.5. The SMILES string of the molecule is Cc1occc1C(=O)NCC(=O)NCC1CCN(Cc2ccc(Cl)cc2)CC1. The number of carbonyl (C=O) groups is 2.